The number of carbonyl (C=O) groups excluding carboxylic acids is 1. The molecule has 6 nitrogen and oxygen atoms in total. The standard InChI is InChI=1S/C15H21N3O3/c1-9(2)6-13(15(20)21-3)18-12-5-4-10(16)7-11(12)17-14(18)8-19/h4-5,7,9,13,19H,6,8,16H2,1-3H3. The molecule has 2 aromatic rings. The van der Waals surface area contributed by atoms with Crippen molar-refractivity contribution in [1.82, 2.24) is 9.55 Å². The maximum atomic E-state index is 12.1. The molecule has 0 aliphatic carbocycles. The minimum Gasteiger partial charge on any atom is -0.467 e. The molecule has 0 saturated heterocycles. The predicted octanol–water partition coefficient (Wildman–Crippen LogP) is 1.87. The van der Waals surface area contributed by atoms with Crippen molar-refractivity contribution in [3.63, 3.8) is 0 Å². The van der Waals surface area contributed by atoms with E-state index >= 15 is 0 Å². The van der Waals surface area contributed by atoms with Gasteiger partial charge in [-0.25, -0.2) is 9.78 Å². The van der Waals surface area contributed by atoms with Gasteiger partial charge in [-0.15, -0.1) is 0 Å². The molecule has 1 aromatic heterocycles. The van der Waals surface area contributed by atoms with Gasteiger partial charge in [-0.3, -0.25) is 0 Å². The summed E-state index contributed by atoms with van der Waals surface area (Å²) in [5.41, 5.74) is 7.79. The van der Waals surface area contributed by atoms with Crippen molar-refractivity contribution in [2.24, 2.45) is 5.92 Å². The van der Waals surface area contributed by atoms with E-state index in [2.05, 4.69) is 4.98 Å². The Labute approximate surface area is 123 Å². The highest BCUT2D eigenvalue weighted by Gasteiger charge is 2.27. The van der Waals surface area contributed by atoms with Crippen LogP contribution in [0, 0.1) is 5.92 Å². The molecule has 0 aliphatic rings. The van der Waals surface area contributed by atoms with E-state index in [0.717, 1.165) is 5.52 Å². The number of nitrogens with zero attached hydrogens (tertiary/aromatic N) is 2. The van der Waals surface area contributed by atoms with Crippen LogP contribution in [0.4, 0.5) is 5.69 Å². The molecule has 0 bridgehead atoms. The number of rotatable bonds is 5. The summed E-state index contributed by atoms with van der Waals surface area (Å²) >= 11 is 0. The van der Waals surface area contributed by atoms with E-state index in [4.69, 9.17) is 10.5 Å². The van der Waals surface area contributed by atoms with Crippen molar-refractivity contribution in [2.75, 3.05) is 12.8 Å². The molecule has 0 fully saturated rings. The lowest BCUT2D eigenvalue weighted by Crippen LogP contribution is -2.24. The molecule has 0 spiro atoms. The number of anilines is 1. The molecule has 1 heterocycles. The number of aromatic nitrogens is 2. The van der Waals surface area contributed by atoms with Crippen molar-refractivity contribution in [2.45, 2.75) is 32.9 Å². The Morgan fingerprint density at radius 1 is 1.48 bits per heavy atom. The molecule has 0 saturated carbocycles. The van der Waals surface area contributed by atoms with Gasteiger partial charge in [0, 0.05) is 5.69 Å². The van der Waals surface area contributed by atoms with E-state index in [0.29, 0.717) is 29.4 Å². The molecule has 0 amide bonds. The SMILES string of the molecule is COC(=O)C(CC(C)C)n1c(CO)nc2cc(N)ccc21. The summed E-state index contributed by atoms with van der Waals surface area (Å²) in [4.78, 5) is 16.5. The Morgan fingerprint density at radius 2 is 2.19 bits per heavy atom. The predicted molar refractivity (Wildman–Crippen MR) is 80.6 cm³/mol. The zero-order chi connectivity index (χ0) is 15.6. The molecular weight excluding hydrogens is 270 g/mol. The highest BCUT2D eigenvalue weighted by atomic mass is 16.5. The average Bonchev–Trinajstić information content (AvgIpc) is 2.80. The lowest BCUT2D eigenvalue weighted by atomic mass is 10.0. The Morgan fingerprint density at radius 3 is 2.76 bits per heavy atom. The number of nitrogen functional groups attached to an aromatic ring is 1. The smallest absolute Gasteiger partial charge is 0.328 e. The molecular formula is C15H21N3O3. The second kappa shape index (κ2) is 6.13. The van der Waals surface area contributed by atoms with E-state index in [-0.39, 0.29) is 12.6 Å². The zero-order valence-corrected chi connectivity index (χ0v) is 12.5. The largest absolute Gasteiger partial charge is 0.467 e. The van der Waals surface area contributed by atoms with Gasteiger partial charge in [0.2, 0.25) is 0 Å². The van der Waals surface area contributed by atoms with Crippen LogP contribution in [0.3, 0.4) is 0 Å². The number of hydrogen-bond acceptors (Lipinski definition) is 5. The van der Waals surface area contributed by atoms with Gasteiger partial charge < -0.3 is 20.1 Å². The van der Waals surface area contributed by atoms with Crippen LogP contribution in [0.25, 0.3) is 11.0 Å². The average molecular weight is 291 g/mol. The number of hydrogen-bond donors (Lipinski definition) is 2. The molecule has 6 heteroatoms. The number of esters is 1. The number of ether oxygens (including phenoxy) is 1. The van der Waals surface area contributed by atoms with Crippen molar-refractivity contribution < 1.29 is 14.6 Å². The molecule has 0 radical (unpaired) electrons. The second-order valence-corrected chi connectivity index (χ2v) is 5.47. The Kier molecular flexibility index (Phi) is 4.47. The van der Waals surface area contributed by atoms with Gasteiger partial charge in [-0.2, -0.15) is 0 Å². The third-order valence-electron chi connectivity index (χ3n) is 3.41. The van der Waals surface area contributed by atoms with E-state index in [1.54, 1.807) is 16.7 Å². The first-order valence-corrected chi connectivity index (χ1v) is 6.93. The molecule has 21 heavy (non-hydrogen) atoms. The molecule has 1 aromatic carbocycles. The first-order chi connectivity index (χ1) is 9.97. The summed E-state index contributed by atoms with van der Waals surface area (Å²) in [7, 11) is 1.37. The minimum atomic E-state index is -0.509. The van der Waals surface area contributed by atoms with Crippen LogP contribution < -0.4 is 5.73 Å². The molecule has 1 unspecified atom stereocenters. The Bertz CT molecular complexity index is 649. The van der Waals surface area contributed by atoms with E-state index in [1.165, 1.54) is 7.11 Å². The van der Waals surface area contributed by atoms with Crippen molar-refractivity contribution in [1.29, 1.82) is 0 Å². The summed E-state index contributed by atoms with van der Waals surface area (Å²) in [6, 6.07) is 4.79. The fraction of sp³-hybridized carbons (Fsp3) is 0.467. The summed E-state index contributed by atoms with van der Waals surface area (Å²) in [5.74, 6) is 0.396. The number of benzene rings is 1. The van der Waals surface area contributed by atoms with E-state index in [1.807, 2.05) is 19.9 Å². The third-order valence-corrected chi connectivity index (χ3v) is 3.41. The summed E-state index contributed by atoms with van der Waals surface area (Å²) in [6.07, 6.45) is 0.607. The van der Waals surface area contributed by atoms with Crippen LogP contribution in [0.5, 0.6) is 0 Å². The minimum absolute atomic E-state index is 0.250. The number of methoxy groups -OCH3 is 1. The molecule has 3 N–H and O–H groups in total. The van der Waals surface area contributed by atoms with Crippen molar-refractivity contribution >= 4 is 22.7 Å². The Hall–Kier alpha value is -2.08. The molecule has 2 rings (SSSR count). The summed E-state index contributed by atoms with van der Waals surface area (Å²) in [6.45, 7) is 3.82. The topological polar surface area (TPSA) is 90.4 Å². The fourth-order valence-electron chi connectivity index (χ4n) is 2.51. The van der Waals surface area contributed by atoms with Gasteiger partial charge in [-0.05, 0) is 30.5 Å². The van der Waals surface area contributed by atoms with Crippen LogP contribution in [-0.2, 0) is 16.1 Å². The highest BCUT2D eigenvalue weighted by Crippen LogP contribution is 2.28. The van der Waals surface area contributed by atoms with E-state index < -0.39 is 6.04 Å². The number of aliphatic hydroxyl groups is 1. The molecule has 0 aliphatic heterocycles. The maximum absolute atomic E-state index is 12.1. The Balaban J connectivity index is 2.62. The first-order valence-electron chi connectivity index (χ1n) is 6.93. The van der Waals surface area contributed by atoms with Gasteiger partial charge in [0.25, 0.3) is 0 Å². The molecule has 1 atom stereocenters. The maximum Gasteiger partial charge on any atom is 0.328 e. The van der Waals surface area contributed by atoms with Gasteiger partial charge in [0.05, 0.1) is 18.1 Å². The van der Waals surface area contributed by atoms with Crippen molar-refractivity contribution in [3.05, 3.63) is 24.0 Å². The fourth-order valence-corrected chi connectivity index (χ4v) is 2.51. The van der Waals surface area contributed by atoms with Crippen LogP contribution in [-0.4, -0.2) is 27.7 Å². The van der Waals surface area contributed by atoms with Crippen molar-refractivity contribution in [3.8, 4) is 0 Å². The number of carbonyl (C=O) groups is 1. The summed E-state index contributed by atoms with van der Waals surface area (Å²) < 4.78 is 6.67. The monoisotopic (exact) mass is 291 g/mol. The van der Waals surface area contributed by atoms with Crippen LogP contribution in [0.15, 0.2) is 18.2 Å². The van der Waals surface area contributed by atoms with Gasteiger partial charge in [-0.1, -0.05) is 13.8 Å². The van der Waals surface area contributed by atoms with Crippen LogP contribution in [0.2, 0.25) is 0 Å². The normalized spacial score (nSPS) is 12.8. The van der Waals surface area contributed by atoms with Gasteiger partial charge in [0.1, 0.15) is 18.5 Å². The van der Waals surface area contributed by atoms with Gasteiger partial charge in [0.15, 0.2) is 0 Å². The molecule has 114 valence electrons. The van der Waals surface area contributed by atoms with E-state index in [9.17, 15) is 9.90 Å². The zero-order valence-electron chi connectivity index (χ0n) is 12.5. The van der Waals surface area contributed by atoms with Crippen LogP contribution >= 0.6 is 0 Å². The van der Waals surface area contributed by atoms with Crippen LogP contribution in [0.1, 0.15) is 32.1 Å². The number of imidazole rings is 1. The summed E-state index contributed by atoms with van der Waals surface area (Å²) in [5, 5.41) is 9.56. The third kappa shape index (κ3) is 3.00. The number of fused-ring (bicyclic) bond motifs is 1. The quantitative estimate of drug-likeness (QED) is 0.648. The lowest BCUT2D eigenvalue weighted by Gasteiger charge is -2.21. The first kappa shape index (κ1) is 15.3. The lowest BCUT2D eigenvalue weighted by molar-refractivity contribution is -0.145. The number of aliphatic hydroxyl groups excluding tert-OH is 1. The number of nitrogens with two attached hydrogens (primary N) is 1. The highest BCUT2D eigenvalue weighted by molar-refractivity contribution is 5.83. The second-order valence-electron chi connectivity index (χ2n) is 5.47. The van der Waals surface area contributed by atoms with Gasteiger partial charge >= 0.3 is 5.97 Å².